The Kier molecular flexibility index (Phi) is 10.6. The molecule has 7 nitrogen and oxygen atoms in total. The first kappa shape index (κ1) is 22.8. The average Bonchev–Trinajstić information content (AvgIpc) is 3.27. The van der Waals surface area contributed by atoms with Crippen molar-refractivity contribution >= 4 is 35.8 Å². The summed E-state index contributed by atoms with van der Waals surface area (Å²) in [7, 11) is 1.76. The van der Waals surface area contributed by atoms with E-state index in [0.29, 0.717) is 13.2 Å². The highest BCUT2D eigenvalue weighted by Crippen LogP contribution is 2.12. The molecule has 0 aromatic carbocycles. The van der Waals surface area contributed by atoms with E-state index in [-0.39, 0.29) is 41.8 Å². The molecule has 2 rings (SSSR count). The van der Waals surface area contributed by atoms with Crippen molar-refractivity contribution in [2.45, 2.75) is 39.3 Å². The number of furan rings is 1. The third kappa shape index (κ3) is 7.53. The van der Waals surface area contributed by atoms with Gasteiger partial charge in [0.2, 0.25) is 5.91 Å². The molecule has 2 N–H and O–H groups in total. The van der Waals surface area contributed by atoms with Crippen molar-refractivity contribution in [2.75, 3.05) is 33.3 Å². The lowest BCUT2D eigenvalue weighted by atomic mass is 10.2. The van der Waals surface area contributed by atoms with Crippen LogP contribution in [0.4, 0.5) is 0 Å². The van der Waals surface area contributed by atoms with E-state index in [0.717, 1.165) is 44.2 Å². The zero-order valence-electron chi connectivity index (χ0n) is 15.9. The van der Waals surface area contributed by atoms with Gasteiger partial charge in [-0.1, -0.05) is 13.8 Å². The summed E-state index contributed by atoms with van der Waals surface area (Å²) in [6.45, 7) is 7.37. The maximum atomic E-state index is 12.0. The van der Waals surface area contributed by atoms with Gasteiger partial charge in [-0.15, -0.1) is 24.0 Å². The summed E-state index contributed by atoms with van der Waals surface area (Å²) < 4.78 is 10.8. The quantitative estimate of drug-likeness (QED) is 0.259. The van der Waals surface area contributed by atoms with Gasteiger partial charge in [-0.2, -0.15) is 0 Å². The summed E-state index contributed by atoms with van der Waals surface area (Å²) in [5.74, 6) is 1.89. The first-order chi connectivity index (χ1) is 12.1. The van der Waals surface area contributed by atoms with Crippen LogP contribution in [0.2, 0.25) is 0 Å². The number of likely N-dealkylation sites (tertiary alicyclic amines) is 1. The second-order valence-electron chi connectivity index (χ2n) is 6.55. The zero-order chi connectivity index (χ0) is 18.1. The number of amides is 1. The molecule has 0 aliphatic carbocycles. The van der Waals surface area contributed by atoms with Crippen LogP contribution in [0.3, 0.4) is 0 Å². The third-order valence-electron chi connectivity index (χ3n) is 4.14. The second kappa shape index (κ2) is 12.2. The molecule has 1 aliphatic heterocycles. The lowest BCUT2D eigenvalue weighted by Gasteiger charge is -2.20. The third-order valence-corrected chi connectivity index (χ3v) is 4.14. The number of guanidine groups is 1. The normalized spacial score (nSPS) is 17.3. The molecule has 0 radical (unpaired) electrons. The van der Waals surface area contributed by atoms with Crippen LogP contribution >= 0.6 is 24.0 Å². The van der Waals surface area contributed by atoms with Crippen LogP contribution in [0.25, 0.3) is 0 Å². The Labute approximate surface area is 173 Å². The van der Waals surface area contributed by atoms with Gasteiger partial charge >= 0.3 is 0 Å². The SMILES string of the molecule is CN=C(NCCCOCc1ccco1)NC1CCN(C(=O)C(C)C)C1.I. The van der Waals surface area contributed by atoms with Crippen molar-refractivity contribution in [3.05, 3.63) is 24.2 Å². The van der Waals surface area contributed by atoms with Crippen LogP contribution in [0.15, 0.2) is 27.8 Å². The Morgan fingerprint density at radius 2 is 2.31 bits per heavy atom. The van der Waals surface area contributed by atoms with Gasteiger partial charge in [0, 0.05) is 45.2 Å². The maximum Gasteiger partial charge on any atom is 0.225 e. The molecule has 1 saturated heterocycles. The summed E-state index contributed by atoms with van der Waals surface area (Å²) in [5.41, 5.74) is 0. The highest BCUT2D eigenvalue weighted by Gasteiger charge is 2.27. The van der Waals surface area contributed by atoms with Gasteiger partial charge in [0.05, 0.1) is 6.26 Å². The van der Waals surface area contributed by atoms with E-state index in [9.17, 15) is 4.79 Å². The highest BCUT2D eigenvalue weighted by atomic mass is 127. The molecule has 1 amide bonds. The van der Waals surface area contributed by atoms with Crippen LogP contribution in [0, 0.1) is 5.92 Å². The standard InChI is InChI=1S/C18H30N4O3.HI/c1-14(2)17(23)22-9-7-15(12-22)21-18(19-3)20-8-5-10-24-13-16-6-4-11-25-16;/h4,6,11,14-15H,5,7-10,12-13H2,1-3H3,(H2,19,20,21);1H. The van der Waals surface area contributed by atoms with E-state index in [2.05, 4.69) is 15.6 Å². The Bertz CT molecular complexity index is 549. The lowest BCUT2D eigenvalue weighted by molar-refractivity contribution is -0.133. The molecule has 0 spiro atoms. The predicted octanol–water partition coefficient (Wildman–Crippen LogP) is 2.23. The average molecular weight is 478 g/mol. The van der Waals surface area contributed by atoms with Crippen LogP contribution in [0.1, 0.15) is 32.4 Å². The summed E-state index contributed by atoms with van der Waals surface area (Å²) in [6.07, 6.45) is 3.48. The van der Waals surface area contributed by atoms with Crippen LogP contribution < -0.4 is 10.6 Å². The molecule has 26 heavy (non-hydrogen) atoms. The van der Waals surface area contributed by atoms with Crippen molar-refractivity contribution in [3.63, 3.8) is 0 Å². The topological polar surface area (TPSA) is 79.1 Å². The molecule has 1 atom stereocenters. The van der Waals surface area contributed by atoms with Gasteiger partial charge in [-0.3, -0.25) is 9.79 Å². The Morgan fingerprint density at radius 3 is 2.96 bits per heavy atom. The van der Waals surface area contributed by atoms with E-state index >= 15 is 0 Å². The Morgan fingerprint density at radius 1 is 1.50 bits per heavy atom. The first-order valence-electron chi connectivity index (χ1n) is 8.96. The number of hydrogen-bond acceptors (Lipinski definition) is 4. The number of hydrogen-bond donors (Lipinski definition) is 2. The lowest BCUT2D eigenvalue weighted by Crippen LogP contribution is -2.45. The minimum absolute atomic E-state index is 0. The van der Waals surface area contributed by atoms with Gasteiger partial charge in [-0.25, -0.2) is 0 Å². The zero-order valence-corrected chi connectivity index (χ0v) is 18.2. The summed E-state index contributed by atoms with van der Waals surface area (Å²) in [5, 5.41) is 6.68. The van der Waals surface area contributed by atoms with Crippen molar-refractivity contribution in [1.29, 1.82) is 0 Å². The van der Waals surface area contributed by atoms with E-state index in [1.54, 1.807) is 13.3 Å². The van der Waals surface area contributed by atoms with E-state index in [1.165, 1.54) is 0 Å². The molecule has 8 heteroatoms. The van der Waals surface area contributed by atoms with Crippen molar-refractivity contribution < 1.29 is 13.9 Å². The van der Waals surface area contributed by atoms with Gasteiger partial charge < -0.3 is 24.7 Å². The molecule has 0 bridgehead atoms. The van der Waals surface area contributed by atoms with Crippen LogP contribution in [-0.2, 0) is 16.1 Å². The molecule has 1 aliphatic rings. The largest absolute Gasteiger partial charge is 0.467 e. The molecule has 1 unspecified atom stereocenters. The summed E-state index contributed by atoms with van der Waals surface area (Å²) >= 11 is 0. The number of ether oxygens (including phenoxy) is 1. The van der Waals surface area contributed by atoms with Crippen molar-refractivity contribution in [3.8, 4) is 0 Å². The predicted molar refractivity (Wildman–Crippen MR) is 113 cm³/mol. The van der Waals surface area contributed by atoms with Crippen molar-refractivity contribution in [1.82, 2.24) is 15.5 Å². The number of carbonyl (C=O) groups excluding carboxylic acids is 1. The monoisotopic (exact) mass is 478 g/mol. The molecular formula is C18H31IN4O3. The number of aliphatic imine (C=N–C) groups is 1. The minimum Gasteiger partial charge on any atom is -0.467 e. The Balaban J connectivity index is 0.00000338. The summed E-state index contributed by atoms with van der Waals surface area (Å²) in [4.78, 5) is 18.2. The molecular weight excluding hydrogens is 447 g/mol. The maximum absolute atomic E-state index is 12.0. The fourth-order valence-corrected chi connectivity index (χ4v) is 2.78. The van der Waals surface area contributed by atoms with E-state index in [4.69, 9.17) is 9.15 Å². The smallest absolute Gasteiger partial charge is 0.225 e. The second-order valence-corrected chi connectivity index (χ2v) is 6.55. The van der Waals surface area contributed by atoms with Gasteiger partial charge in [-0.05, 0) is 25.0 Å². The fourth-order valence-electron chi connectivity index (χ4n) is 2.78. The summed E-state index contributed by atoms with van der Waals surface area (Å²) in [6, 6.07) is 4.01. The number of nitrogens with zero attached hydrogens (tertiary/aromatic N) is 2. The van der Waals surface area contributed by atoms with Gasteiger partial charge in [0.1, 0.15) is 12.4 Å². The number of carbonyl (C=O) groups is 1. The molecule has 2 heterocycles. The molecule has 1 aromatic rings. The molecule has 148 valence electrons. The first-order valence-corrected chi connectivity index (χ1v) is 8.96. The van der Waals surface area contributed by atoms with Gasteiger partial charge in [0.15, 0.2) is 5.96 Å². The highest BCUT2D eigenvalue weighted by molar-refractivity contribution is 14.0. The fraction of sp³-hybridized carbons (Fsp3) is 0.667. The van der Waals surface area contributed by atoms with Crippen LogP contribution in [0.5, 0.6) is 0 Å². The number of nitrogens with one attached hydrogen (secondary N) is 2. The minimum atomic E-state index is 0. The molecule has 1 fully saturated rings. The number of rotatable bonds is 8. The van der Waals surface area contributed by atoms with E-state index < -0.39 is 0 Å². The number of halogens is 1. The van der Waals surface area contributed by atoms with E-state index in [1.807, 2.05) is 30.9 Å². The Hall–Kier alpha value is -1.29. The molecule has 1 aromatic heterocycles. The van der Waals surface area contributed by atoms with Gasteiger partial charge in [0.25, 0.3) is 0 Å². The van der Waals surface area contributed by atoms with Crippen molar-refractivity contribution in [2.24, 2.45) is 10.9 Å². The van der Waals surface area contributed by atoms with Crippen LogP contribution in [-0.4, -0.2) is 56.1 Å². The molecule has 0 saturated carbocycles.